The lowest BCUT2D eigenvalue weighted by Crippen LogP contribution is -2.32. The highest BCUT2D eigenvalue weighted by Crippen LogP contribution is 2.37. The Hall–Kier alpha value is -1.14. The van der Waals surface area contributed by atoms with Crippen molar-refractivity contribution in [3.63, 3.8) is 0 Å². The Morgan fingerprint density at radius 2 is 1.18 bits per heavy atom. The van der Waals surface area contributed by atoms with E-state index in [0.29, 0.717) is 17.3 Å². The number of hydrogen-bond acceptors (Lipinski definition) is 6. The van der Waals surface area contributed by atoms with Gasteiger partial charge in [0.15, 0.2) is 0 Å². The number of unbranched alkanes of at least 4 members (excludes halogenated alkanes) is 3. The van der Waals surface area contributed by atoms with E-state index in [1.54, 1.807) is 0 Å². The predicted octanol–water partition coefficient (Wildman–Crippen LogP) is 10.1. The molecule has 0 rings (SSSR count). The first-order valence-electron chi connectivity index (χ1n) is 15.0. The van der Waals surface area contributed by atoms with Crippen LogP contribution >= 0.6 is 0 Å². The monoisotopic (exact) mass is 544 g/mol. The van der Waals surface area contributed by atoms with E-state index >= 15 is 0 Å². The van der Waals surface area contributed by atoms with Gasteiger partial charge in [-0.15, -0.1) is 0 Å². The Kier molecular flexibility index (Phi) is 19.5. The average molecular weight is 545 g/mol. The second kappa shape index (κ2) is 19.0. The maximum absolute atomic E-state index is 11.8. The highest BCUT2D eigenvalue weighted by atomic mass is 17.2. The molecule has 0 heterocycles. The van der Waals surface area contributed by atoms with Crippen molar-refractivity contribution in [2.45, 2.75) is 172 Å². The van der Waals surface area contributed by atoms with Gasteiger partial charge in [-0.1, -0.05) is 108 Å². The number of hydrogen-bond donors (Lipinski definition) is 1. The van der Waals surface area contributed by atoms with Crippen molar-refractivity contribution >= 4 is 11.9 Å². The molecule has 0 saturated carbocycles. The standard InChI is InChI=1S/2C16H32O3/c1-7-12-16(5,6)19-18-14(17)11-9-8-10-13-15(2,3)4;1-7-11-16(5,6)13(14(17)19-18)10-8-9-12-15(2,3)4/h7-13H2,1-6H3;13,18H,7-12H2,1-6H3. The molecular formula is C32H64O6. The summed E-state index contributed by atoms with van der Waals surface area (Å²) < 4.78 is 0. The van der Waals surface area contributed by atoms with Crippen LogP contribution in [-0.4, -0.2) is 22.8 Å². The SMILES string of the molecule is CCCC(C)(C)C(CCCCC(C)(C)C)C(=O)OO.CCCC(C)(C)OOC(=O)CCCCCC(C)(C)C. The molecule has 0 bridgehead atoms. The van der Waals surface area contributed by atoms with Crippen molar-refractivity contribution in [3.05, 3.63) is 0 Å². The molecule has 38 heavy (non-hydrogen) atoms. The topological polar surface area (TPSA) is 82.1 Å². The van der Waals surface area contributed by atoms with Gasteiger partial charge in [0.2, 0.25) is 0 Å². The van der Waals surface area contributed by atoms with Gasteiger partial charge in [0.05, 0.1) is 5.92 Å². The molecule has 228 valence electrons. The lowest BCUT2D eigenvalue weighted by atomic mass is 9.73. The summed E-state index contributed by atoms with van der Waals surface area (Å²) in [5.41, 5.74) is 0.229. The number of carbonyl (C=O) groups excluding carboxylic acids is 2. The second-order valence-corrected chi connectivity index (χ2v) is 14.7. The average Bonchev–Trinajstić information content (AvgIpc) is 2.75. The van der Waals surface area contributed by atoms with Crippen LogP contribution in [0, 0.1) is 22.2 Å². The Labute approximate surface area is 235 Å². The van der Waals surface area contributed by atoms with E-state index in [2.05, 4.69) is 74.1 Å². The van der Waals surface area contributed by atoms with E-state index in [1.165, 1.54) is 12.8 Å². The summed E-state index contributed by atoms with van der Waals surface area (Å²) in [6.07, 6.45) is 12.7. The van der Waals surface area contributed by atoms with Gasteiger partial charge in [0, 0.05) is 6.42 Å². The maximum Gasteiger partial charge on any atom is 0.345 e. The van der Waals surface area contributed by atoms with E-state index in [-0.39, 0.29) is 22.9 Å². The van der Waals surface area contributed by atoms with Gasteiger partial charge in [-0.3, -0.25) is 4.89 Å². The quantitative estimate of drug-likeness (QED) is 0.111. The first-order valence-corrected chi connectivity index (χ1v) is 15.0. The van der Waals surface area contributed by atoms with E-state index < -0.39 is 5.97 Å². The minimum Gasteiger partial charge on any atom is -0.301 e. The number of rotatable bonds is 17. The molecule has 0 aliphatic heterocycles. The highest BCUT2D eigenvalue weighted by molar-refractivity contribution is 5.72. The largest absolute Gasteiger partial charge is 0.345 e. The fourth-order valence-corrected chi connectivity index (χ4v) is 4.66. The molecule has 6 nitrogen and oxygen atoms in total. The van der Waals surface area contributed by atoms with Gasteiger partial charge in [-0.05, 0) is 68.6 Å². The molecule has 0 amide bonds. The van der Waals surface area contributed by atoms with Crippen LogP contribution in [0.3, 0.4) is 0 Å². The van der Waals surface area contributed by atoms with Crippen LogP contribution in [0.1, 0.15) is 167 Å². The molecule has 6 heteroatoms. The Morgan fingerprint density at radius 1 is 0.684 bits per heavy atom. The van der Waals surface area contributed by atoms with Crippen molar-refractivity contribution in [2.75, 3.05) is 0 Å². The van der Waals surface area contributed by atoms with Crippen LogP contribution < -0.4 is 0 Å². The predicted molar refractivity (Wildman–Crippen MR) is 158 cm³/mol. The minimum absolute atomic E-state index is 0.115. The molecule has 0 aromatic heterocycles. The molecule has 0 aliphatic carbocycles. The van der Waals surface area contributed by atoms with Gasteiger partial charge in [0.25, 0.3) is 0 Å². The van der Waals surface area contributed by atoms with Gasteiger partial charge >= 0.3 is 11.9 Å². The van der Waals surface area contributed by atoms with Crippen molar-refractivity contribution < 1.29 is 29.5 Å². The fraction of sp³-hybridized carbons (Fsp3) is 0.938. The third-order valence-corrected chi connectivity index (χ3v) is 6.90. The normalized spacial score (nSPS) is 13.4. The molecule has 1 N–H and O–H groups in total. The van der Waals surface area contributed by atoms with Crippen LogP contribution in [0.5, 0.6) is 0 Å². The molecule has 0 radical (unpaired) electrons. The lowest BCUT2D eigenvalue weighted by molar-refractivity contribution is -0.326. The highest BCUT2D eigenvalue weighted by Gasteiger charge is 2.35. The summed E-state index contributed by atoms with van der Waals surface area (Å²) in [4.78, 5) is 37.3. The number of carbonyl (C=O) groups is 2. The molecule has 0 fully saturated rings. The molecule has 0 aromatic rings. The summed E-state index contributed by atoms with van der Waals surface area (Å²) >= 11 is 0. The Morgan fingerprint density at radius 3 is 1.63 bits per heavy atom. The van der Waals surface area contributed by atoms with Crippen molar-refractivity contribution in [3.8, 4) is 0 Å². The van der Waals surface area contributed by atoms with Crippen LogP contribution in [0.25, 0.3) is 0 Å². The molecular weight excluding hydrogens is 480 g/mol. The fourth-order valence-electron chi connectivity index (χ4n) is 4.66. The third-order valence-electron chi connectivity index (χ3n) is 6.90. The zero-order chi connectivity index (χ0) is 30.0. The minimum atomic E-state index is -0.478. The van der Waals surface area contributed by atoms with Crippen LogP contribution in [0.15, 0.2) is 0 Å². The molecule has 0 aromatic carbocycles. The summed E-state index contributed by atoms with van der Waals surface area (Å²) in [5.74, 6) is -0.938. The maximum atomic E-state index is 11.8. The summed E-state index contributed by atoms with van der Waals surface area (Å²) in [7, 11) is 0. The molecule has 0 saturated heterocycles. The second-order valence-electron chi connectivity index (χ2n) is 14.7. The summed E-state index contributed by atoms with van der Waals surface area (Å²) in [6, 6.07) is 0. The smallest absolute Gasteiger partial charge is 0.301 e. The van der Waals surface area contributed by atoms with Gasteiger partial charge in [-0.2, -0.15) is 10.1 Å². The van der Waals surface area contributed by atoms with E-state index in [9.17, 15) is 9.59 Å². The van der Waals surface area contributed by atoms with Gasteiger partial charge in [-0.25, -0.2) is 9.59 Å². The Balaban J connectivity index is 0. The molecule has 1 atom stereocenters. The van der Waals surface area contributed by atoms with Crippen molar-refractivity contribution in [1.29, 1.82) is 0 Å². The van der Waals surface area contributed by atoms with E-state index in [1.807, 2.05) is 13.8 Å². The lowest BCUT2D eigenvalue weighted by Gasteiger charge is -2.32. The van der Waals surface area contributed by atoms with Crippen molar-refractivity contribution in [2.24, 2.45) is 22.2 Å². The van der Waals surface area contributed by atoms with Gasteiger partial charge in [0.1, 0.15) is 5.60 Å². The molecule has 0 spiro atoms. The Bertz CT molecular complexity index is 625. The zero-order valence-electron chi connectivity index (χ0n) is 27.3. The van der Waals surface area contributed by atoms with Crippen LogP contribution in [-0.2, 0) is 24.3 Å². The summed E-state index contributed by atoms with van der Waals surface area (Å²) in [5, 5.41) is 8.67. The van der Waals surface area contributed by atoms with Crippen molar-refractivity contribution in [1.82, 2.24) is 0 Å². The van der Waals surface area contributed by atoms with Gasteiger partial charge < -0.3 is 4.89 Å². The van der Waals surface area contributed by atoms with E-state index in [0.717, 1.165) is 64.2 Å². The van der Waals surface area contributed by atoms with E-state index in [4.69, 9.17) is 15.0 Å². The molecule has 0 aliphatic rings. The third kappa shape index (κ3) is 22.8. The van der Waals surface area contributed by atoms with Crippen LogP contribution in [0.4, 0.5) is 0 Å². The first-order chi connectivity index (χ1) is 17.3. The first kappa shape index (κ1) is 39.0. The summed E-state index contributed by atoms with van der Waals surface area (Å²) in [6.45, 7) is 25.7. The molecule has 1 unspecified atom stereocenters. The van der Waals surface area contributed by atoms with Crippen LogP contribution in [0.2, 0.25) is 0 Å². The zero-order valence-corrected chi connectivity index (χ0v) is 27.3.